The van der Waals surface area contributed by atoms with Gasteiger partial charge in [-0.3, -0.25) is 9.59 Å². The van der Waals surface area contributed by atoms with E-state index in [-0.39, 0.29) is 31.3 Å². The van der Waals surface area contributed by atoms with E-state index in [1.54, 1.807) is 0 Å². The number of ether oxygens (including phenoxy) is 1. The highest BCUT2D eigenvalue weighted by molar-refractivity contribution is 5.77. The Morgan fingerprint density at radius 3 is 1.30 bits per heavy atom. The van der Waals surface area contributed by atoms with E-state index in [1.807, 2.05) is 6.08 Å². The first-order chi connectivity index (χ1) is 30.0. The molecule has 0 aromatic heterocycles. The molecule has 0 aliphatic rings. The van der Waals surface area contributed by atoms with Crippen molar-refractivity contribution in [1.82, 2.24) is 5.32 Å². The highest BCUT2D eigenvalue weighted by Gasteiger charge is 2.24. The van der Waals surface area contributed by atoms with Crippen molar-refractivity contribution in [3.8, 4) is 0 Å². The molecule has 0 aliphatic heterocycles. The highest BCUT2D eigenvalue weighted by atomic mass is 16.5. The number of carbonyl (C=O) groups excluding carboxylic acids is 2. The second-order valence-electron chi connectivity index (χ2n) is 18.3. The van der Waals surface area contributed by atoms with Crippen molar-refractivity contribution in [3.05, 3.63) is 36.5 Å². The minimum absolute atomic E-state index is 0.0368. The third kappa shape index (κ3) is 44.5. The number of hydrogen-bond acceptors (Lipinski definition) is 5. The van der Waals surface area contributed by atoms with E-state index in [0.717, 1.165) is 51.4 Å². The first kappa shape index (κ1) is 59.1. The fourth-order valence-corrected chi connectivity index (χ4v) is 8.13. The summed E-state index contributed by atoms with van der Waals surface area (Å²) in [5, 5.41) is 23.8. The van der Waals surface area contributed by atoms with Crippen molar-refractivity contribution in [3.63, 3.8) is 0 Å². The molecular formula is C55H103NO5. The Morgan fingerprint density at radius 1 is 0.475 bits per heavy atom. The lowest BCUT2D eigenvalue weighted by molar-refractivity contribution is -0.150. The van der Waals surface area contributed by atoms with Gasteiger partial charge < -0.3 is 20.3 Å². The van der Waals surface area contributed by atoms with E-state index < -0.39 is 18.2 Å². The summed E-state index contributed by atoms with van der Waals surface area (Å²) in [4.78, 5) is 26.1. The molecule has 3 N–H and O–H groups in total. The summed E-state index contributed by atoms with van der Waals surface area (Å²) in [6, 6.07) is -0.718. The van der Waals surface area contributed by atoms with Crippen LogP contribution < -0.4 is 5.32 Å². The SMILES string of the molecule is CCCCCCCC/C=C\C/C=C/CCC(=O)OC(CCC/C=C\CCCCCCCCC)CC(=O)NC(CO)C(O)CCCCCCCCCCCCCCCCCCC. The van der Waals surface area contributed by atoms with Crippen LogP contribution in [0, 0.1) is 0 Å². The van der Waals surface area contributed by atoms with Crippen molar-refractivity contribution in [1.29, 1.82) is 0 Å². The quantitative estimate of drug-likeness (QED) is 0.0322. The molecule has 0 saturated heterocycles. The van der Waals surface area contributed by atoms with Crippen LogP contribution in [0.2, 0.25) is 0 Å². The van der Waals surface area contributed by atoms with Crippen molar-refractivity contribution in [2.24, 2.45) is 0 Å². The van der Waals surface area contributed by atoms with E-state index in [4.69, 9.17) is 4.74 Å². The molecule has 0 bridgehead atoms. The summed E-state index contributed by atoms with van der Waals surface area (Å²) < 4.78 is 5.87. The highest BCUT2D eigenvalue weighted by Crippen LogP contribution is 2.17. The first-order valence-electron chi connectivity index (χ1n) is 26.7. The van der Waals surface area contributed by atoms with Gasteiger partial charge in [-0.15, -0.1) is 0 Å². The van der Waals surface area contributed by atoms with Gasteiger partial charge in [-0.05, 0) is 64.2 Å². The predicted octanol–water partition coefficient (Wildman–Crippen LogP) is 16.1. The number of amides is 1. The van der Waals surface area contributed by atoms with E-state index in [2.05, 4.69) is 56.5 Å². The maximum atomic E-state index is 13.2. The van der Waals surface area contributed by atoms with Crippen molar-refractivity contribution >= 4 is 11.9 Å². The lowest BCUT2D eigenvalue weighted by Crippen LogP contribution is -2.46. The van der Waals surface area contributed by atoms with Crippen LogP contribution >= 0.6 is 0 Å². The van der Waals surface area contributed by atoms with Gasteiger partial charge >= 0.3 is 5.97 Å². The number of rotatable bonds is 48. The molecule has 0 heterocycles. The maximum Gasteiger partial charge on any atom is 0.306 e. The molecule has 6 heteroatoms. The van der Waals surface area contributed by atoms with Crippen LogP contribution in [-0.4, -0.2) is 46.9 Å². The smallest absolute Gasteiger partial charge is 0.306 e. The van der Waals surface area contributed by atoms with Crippen LogP contribution in [0.4, 0.5) is 0 Å². The number of esters is 1. The van der Waals surface area contributed by atoms with Crippen LogP contribution in [0.3, 0.4) is 0 Å². The van der Waals surface area contributed by atoms with Gasteiger partial charge in [0.2, 0.25) is 5.91 Å². The number of carbonyl (C=O) groups is 2. The summed E-state index contributed by atoms with van der Waals surface area (Å²) >= 11 is 0. The second-order valence-corrected chi connectivity index (χ2v) is 18.3. The summed E-state index contributed by atoms with van der Waals surface area (Å²) in [6.45, 7) is 6.47. The Hall–Kier alpha value is -1.92. The molecule has 0 fully saturated rings. The minimum Gasteiger partial charge on any atom is -0.462 e. The molecule has 0 radical (unpaired) electrons. The number of nitrogens with one attached hydrogen (secondary N) is 1. The predicted molar refractivity (Wildman–Crippen MR) is 264 cm³/mol. The molecule has 3 unspecified atom stereocenters. The first-order valence-corrected chi connectivity index (χ1v) is 26.7. The zero-order valence-corrected chi connectivity index (χ0v) is 40.8. The van der Waals surface area contributed by atoms with Gasteiger partial charge in [0.15, 0.2) is 0 Å². The van der Waals surface area contributed by atoms with E-state index in [0.29, 0.717) is 19.3 Å². The largest absolute Gasteiger partial charge is 0.462 e. The Labute approximate surface area is 379 Å². The molecule has 358 valence electrons. The standard InChI is InChI=1S/C55H103NO5/c1-4-7-10-13-16-19-22-25-26-27-28-30-32-35-38-41-44-47-53(58)52(50-57)56-54(59)49-51(46-43-40-37-34-31-24-21-18-15-12-9-6-3)61-55(60)48-45-42-39-36-33-29-23-20-17-14-11-8-5-2/h29,33-34,37,39,42,51-53,57-58H,4-28,30-32,35-36,38,40-41,43-50H2,1-3H3,(H,56,59)/b33-29-,37-34-,42-39+. The molecule has 3 atom stereocenters. The zero-order valence-electron chi connectivity index (χ0n) is 40.8. The summed E-state index contributed by atoms with van der Waals surface area (Å²) in [7, 11) is 0. The summed E-state index contributed by atoms with van der Waals surface area (Å²) in [5.41, 5.74) is 0. The number of hydrogen-bond donors (Lipinski definition) is 3. The maximum absolute atomic E-state index is 13.2. The van der Waals surface area contributed by atoms with Crippen molar-refractivity contribution in [2.75, 3.05) is 6.61 Å². The Balaban J connectivity index is 4.56. The monoisotopic (exact) mass is 858 g/mol. The molecular weight excluding hydrogens is 755 g/mol. The van der Waals surface area contributed by atoms with Crippen molar-refractivity contribution < 1.29 is 24.5 Å². The van der Waals surface area contributed by atoms with Gasteiger partial charge in [0.05, 0.1) is 25.2 Å². The zero-order chi connectivity index (χ0) is 44.5. The van der Waals surface area contributed by atoms with Crippen LogP contribution in [0.1, 0.15) is 278 Å². The van der Waals surface area contributed by atoms with Crippen LogP contribution in [-0.2, 0) is 14.3 Å². The van der Waals surface area contributed by atoms with Gasteiger partial charge in [0.1, 0.15) is 6.10 Å². The number of allylic oxidation sites excluding steroid dienone is 6. The Bertz CT molecular complexity index is 1010. The van der Waals surface area contributed by atoms with Gasteiger partial charge in [-0.25, -0.2) is 0 Å². The third-order valence-electron chi connectivity index (χ3n) is 12.2. The van der Waals surface area contributed by atoms with E-state index >= 15 is 0 Å². The van der Waals surface area contributed by atoms with Crippen molar-refractivity contribution in [2.45, 2.75) is 296 Å². The third-order valence-corrected chi connectivity index (χ3v) is 12.2. The minimum atomic E-state index is -0.801. The topological polar surface area (TPSA) is 95.9 Å². The fraction of sp³-hybridized carbons (Fsp3) is 0.855. The molecule has 1 amide bonds. The molecule has 6 nitrogen and oxygen atoms in total. The van der Waals surface area contributed by atoms with Gasteiger partial charge in [-0.1, -0.05) is 237 Å². The second kappa shape index (κ2) is 49.1. The fourth-order valence-electron chi connectivity index (χ4n) is 8.13. The summed E-state index contributed by atoms with van der Waals surface area (Å²) in [6.07, 6.45) is 57.9. The van der Waals surface area contributed by atoms with Gasteiger partial charge in [0, 0.05) is 6.42 Å². The van der Waals surface area contributed by atoms with Gasteiger partial charge in [-0.2, -0.15) is 0 Å². The molecule has 0 saturated carbocycles. The van der Waals surface area contributed by atoms with Crippen LogP contribution in [0.5, 0.6) is 0 Å². The van der Waals surface area contributed by atoms with Gasteiger partial charge in [0.25, 0.3) is 0 Å². The lowest BCUT2D eigenvalue weighted by Gasteiger charge is -2.24. The molecule has 0 aliphatic carbocycles. The average molecular weight is 858 g/mol. The van der Waals surface area contributed by atoms with E-state index in [9.17, 15) is 19.8 Å². The number of aliphatic hydroxyl groups excluding tert-OH is 2. The molecule has 61 heavy (non-hydrogen) atoms. The van der Waals surface area contributed by atoms with E-state index in [1.165, 1.54) is 173 Å². The lowest BCUT2D eigenvalue weighted by atomic mass is 10.0. The molecule has 0 spiro atoms. The Kier molecular flexibility index (Phi) is 47.6. The number of unbranched alkanes of at least 4 members (excludes halogenated alkanes) is 30. The Morgan fingerprint density at radius 2 is 0.852 bits per heavy atom. The van der Waals surface area contributed by atoms with Crippen LogP contribution in [0.25, 0.3) is 0 Å². The average Bonchev–Trinajstić information content (AvgIpc) is 3.25. The molecule has 0 rings (SSSR count). The normalized spacial score (nSPS) is 13.5. The molecule has 0 aromatic rings. The summed E-state index contributed by atoms with van der Waals surface area (Å²) in [5.74, 6) is -0.575. The van der Waals surface area contributed by atoms with Crippen LogP contribution in [0.15, 0.2) is 36.5 Å². The molecule has 0 aromatic carbocycles. The number of aliphatic hydroxyl groups is 2.